The van der Waals surface area contributed by atoms with Crippen LogP contribution in [0.25, 0.3) is 6.08 Å². The molecule has 0 saturated carbocycles. The largest absolute Gasteiger partial charge is 0.323 e. The molecule has 0 bridgehead atoms. The van der Waals surface area contributed by atoms with Crippen molar-refractivity contribution in [2.24, 2.45) is 0 Å². The number of aromatic nitrogens is 1. The third-order valence-electron chi connectivity index (χ3n) is 3.64. The van der Waals surface area contributed by atoms with Crippen molar-refractivity contribution in [1.29, 1.82) is 0 Å². The molecule has 1 heterocycles. The molecule has 1 amide bonds. The van der Waals surface area contributed by atoms with E-state index >= 15 is 0 Å². The van der Waals surface area contributed by atoms with Crippen LogP contribution >= 0.6 is 0 Å². The summed E-state index contributed by atoms with van der Waals surface area (Å²) >= 11 is 0. The summed E-state index contributed by atoms with van der Waals surface area (Å²) in [5, 5.41) is 2.63. The Labute approximate surface area is 161 Å². The minimum absolute atomic E-state index is 0.0520. The highest BCUT2D eigenvalue weighted by Crippen LogP contribution is 2.17. The first-order valence-electron chi connectivity index (χ1n) is 8.20. The molecular formula is C20H16FN3O3S. The fourth-order valence-corrected chi connectivity index (χ4v) is 3.33. The van der Waals surface area contributed by atoms with Gasteiger partial charge in [0.15, 0.2) is 0 Å². The SMILES string of the molecule is O=C(/C=C/c1ccc(F)cc1)Nc1ccc(S(=O)(=O)Nc2cccnc2)cc1. The normalized spacial score (nSPS) is 11.3. The van der Waals surface area contributed by atoms with Gasteiger partial charge in [-0.15, -0.1) is 0 Å². The van der Waals surface area contributed by atoms with E-state index in [9.17, 15) is 17.6 Å². The molecule has 28 heavy (non-hydrogen) atoms. The van der Waals surface area contributed by atoms with Crippen molar-refractivity contribution >= 4 is 33.4 Å². The Morgan fingerprint density at radius 1 is 0.964 bits per heavy atom. The molecule has 3 aromatic rings. The molecule has 0 saturated heterocycles. The first-order valence-corrected chi connectivity index (χ1v) is 9.68. The Morgan fingerprint density at radius 2 is 1.68 bits per heavy atom. The van der Waals surface area contributed by atoms with Crippen LogP contribution in [0.4, 0.5) is 15.8 Å². The summed E-state index contributed by atoms with van der Waals surface area (Å²) in [4.78, 5) is 15.9. The van der Waals surface area contributed by atoms with Gasteiger partial charge in [-0.1, -0.05) is 12.1 Å². The molecule has 8 heteroatoms. The third-order valence-corrected chi connectivity index (χ3v) is 5.04. The zero-order chi connectivity index (χ0) is 20.0. The number of hydrogen-bond acceptors (Lipinski definition) is 4. The number of nitrogens with zero attached hydrogens (tertiary/aromatic N) is 1. The number of benzene rings is 2. The smallest absolute Gasteiger partial charge is 0.261 e. The fourth-order valence-electron chi connectivity index (χ4n) is 2.28. The van der Waals surface area contributed by atoms with Crippen LogP contribution in [0.3, 0.4) is 0 Å². The van der Waals surface area contributed by atoms with Crippen molar-refractivity contribution in [1.82, 2.24) is 4.98 Å². The van der Waals surface area contributed by atoms with Crippen LogP contribution in [0.5, 0.6) is 0 Å². The average Bonchev–Trinajstić information content (AvgIpc) is 2.68. The zero-order valence-electron chi connectivity index (χ0n) is 14.5. The third kappa shape index (κ3) is 5.24. The fraction of sp³-hybridized carbons (Fsp3) is 0. The van der Waals surface area contributed by atoms with Gasteiger partial charge >= 0.3 is 0 Å². The van der Waals surface area contributed by atoms with Crippen molar-refractivity contribution in [3.8, 4) is 0 Å². The van der Waals surface area contributed by atoms with Crippen molar-refractivity contribution in [3.63, 3.8) is 0 Å². The van der Waals surface area contributed by atoms with Gasteiger partial charge in [0.05, 0.1) is 16.8 Å². The van der Waals surface area contributed by atoms with Crippen molar-refractivity contribution in [3.05, 3.63) is 90.5 Å². The van der Waals surface area contributed by atoms with Gasteiger partial charge in [0, 0.05) is 18.0 Å². The maximum absolute atomic E-state index is 12.9. The lowest BCUT2D eigenvalue weighted by molar-refractivity contribution is -0.111. The van der Waals surface area contributed by atoms with Crippen LogP contribution in [0.15, 0.2) is 84.0 Å². The molecule has 0 aliphatic rings. The minimum Gasteiger partial charge on any atom is -0.323 e. The summed E-state index contributed by atoms with van der Waals surface area (Å²) in [6.45, 7) is 0. The van der Waals surface area contributed by atoms with E-state index < -0.39 is 15.9 Å². The first-order chi connectivity index (χ1) is 13.4. The summed E-state index contributed by atoms with van der Waals surface area (Å²) in [6.07, 6.45) is 5.80. The van der Waals surface area contributed by atoms with E-state index in [1.54, 1.807) is 36.5 Å². The van der Waals surface area contributed by atoms with E-state index in [4.69, 9.17) is 0 Å². The molecule has 0 radical (unpaired) electrons. The van der Waals surface area contributed by atoms with E-state index in [-0.39, 0.29) is 10.7 Å². The molecule has 0 fully saturated rings. The molecule has 0 spiro atoms. The van der Waals surface area contributed by atoms with Crippen molar-refractivity contribution < 1.29 is 17.6 Å². The molecule has 6 nitrogen and oxygen atoms in total. The number of amides is 1. The number of nitrogens with one attached hydrogen (secondary N) is 2. The number of rotatable bonds is 6. The quantitative estimate of drug-likeness (QED) is 0.621. The molecule has 0 aliphatic heterocycles. The number of carbonyl (C=O) groups is 1. The van der Waals surface area contributed by atoms with Gasteiger partial charge in [-0.25, -0.2) is 12.8 Å². The lowest BCUT2D eigenvalue weighted by Crippen LogP contribution is -2.13. The van der Waals surface area contributed by atoms with Gasteiger partial charge in [0.25, 0.3) is 10.0 Å². The average molecular weight is 397 g/mol. The maximum Gasteiger partial charge on any atom is 0.261 e. The highest BCUT2D eigenvalue weighted by atomic mass is 32.2. The van der Waals surface area contributed by atoms with E-state index in [1.807, 2.05) is 0 Å². The minimum atomic E-state index is -3.76. The number of carbonyl (C=O) groups excluding carboxylic acids is 1. The number of sulfonamides is 1. The number of halogens is 1. The zero-order valence-corrected chi connectivity index (χ0v) is 15.4. The summed E-state index contributed by atoms with van der Waals surface area (Å²) in [5.41, 5.74) is 1.47. The van der Waals surface area contributed by atoms with Crippen LogP contribution in [0.2, 0.25) is 0 Å². The first kappa shape index (κ1) is 19.2. The second-order valence-electron chi connectivity index (χ2n) is 5.75. The van der Waals surface area contributed by atoms with E-state index in [0.717, 1.165) is 0 Å². The van der Waals surface area contributed by atoms with Crippen LogP contribution in [-0.2, 0) is 14.8 Å². The summed E-state index contributed by atoms with van der Waals surface area (Å²) in [6, 6.07) is 14.7. The molecule has 142 valence electrons. The standard InChI is InChI=1S/C20H16FN3O3S/c21-16-6-3-15(4-7-16)5-12-20(25)23-17-8-10-19(11-9-17)28(26,27)24-18-2-1-13-22-14-18/h1-14,24H,(H,23,25)/b12-5+. The summed E-state index contributed by atoms with van der Waals surface area (Å²) < 4.78 is 40.0. The van der Waals surface area contributed by atoms with Crippen LogP contribution < -0.4 is 10.0 Å². The molecular weight excluding hydrogens is 381 g/mol. The Hall–Kier alpha value is -3.52. The predicted molar refractivity (Wildman–Crippen MR) is 106 cm³/mol. The highest BCUT2D eigenvalue weighted by molar-refractivity contribution is 7.92. The van der Waals surface area contributed by atoms with Crippen molar-refractivity contribution in [2.45, 2.75) is 4.90 Å². The van der Waals surface area contributed by atoms with Gasteiger partial charge < -0.3 is 5.32 Å². The molecule has 0 aliphatic carbocycles. The molecule has 0 unspecified atom stereocenters. The van der Waals surface area contributed by atoms with Crippen molar-refractivity contribution in [2.75, 3.05) is 10.0 Å². The predicted octanol–water partition coefficient (Wildman–Crippen LogP) is 3.67. The number of hydrogen-bond donors (Lipinski definition) is 2. The Morgan fingerprint density at radius 3 is 2.32 bits per heavy atom. The van der Waals surface area contributed by atoms with Gasteiger partial charge in [-0.2, -0.15) is 0 Å². The molecule has 3 rings (SSSR count). The Bertz CT molecular complexity index is 1080. The summed E-state index contributed by atoms with van der Waals surface area (Å²) in [7, 11) is -3.76. The van der Waals surface area contributed by atoms with E-state index in [0.29, 0.717) is 16.9 Å². The Balaban J connectivity index is 1.63. The van der Waals surface area contributed by atoms with Gasteiger partial charge in [-0.05, 0) is 60.2 Å². The Kier molecular flexibility index (Phi) is 5.81. The van der Waals surface area contributed by atoms with Gasteiger partial charge in [-0.3, -0.25) is 14.5 Å². The second kappa shape index (κ2) is 8.45. The van der Waals surface area contributed by atoms with Gasteiger partial charge in [0.2, 0.25) is 5.91 Å². The van der Waals surface area contributed by atoms with Gasteiger partial charge in [0.1, 0.15) is 5.82 Å². The maximum atomic E-state index is 12.9. The monoisotopic (exact) mass is 397 g/mol. The summed E-state index contributed by atoms with van der Waals surface area (Å²) in [5.74, 6) is -0.747. The van der Waals surface area contributed by atoms with Crippen LogP contribution in [0, 0.1) is 5.82 Å². The molecule has 1 aromatic heterocycles. The number of anilines is 2. The second-order valence-corrected chi connectivity index (χ2v) is 7.43. The molecule has 2 N–H and O–H groups in total. The van der Waals surface area contributed by atoms with Crippen LogP contribution in [-0.4, -0.2) is 19.3 Å². The van der Waals surface area contributed by atoms with Crippen LogP contribution in [0.1, 0.15) is 5.56 Å². The topological polar surface area (TPSA) is 88.2 Å². The lowest BCUT2D eigenvalue weighted by atomic mass is 10.2. The lowest BCUT2D eigenvalue weighted by Gasteiger charge is -2.08. The van der Waals surface area contributed by atoms with E-state index in [2.05, 4.69) is 15.0 Å². The molecule has 0 atom stereocenters. The molecule has 2 aromatic carbocycles. The highest BCUT2D eigenvalue weighted by Gasteiger charge is 2.14. The number of pyridine rings is 1. The van der Waals surface area contributed by atoms with E-state index in [1.165, 1.54) is 48.7 Å².